The normalized spacial score (nSPS) is 11.8. The summed E-state index contributed by atoms with van der Waals surface area (Å²) in [4.78, 5) is 30.3. The minimum Gasteiger partial charge on any atom is -0.345 e. The maximum absolute atomic E-state index is 12.2. The number of aromatic nitrogens is 4. The third-order valence-corrected chi connectivity index (χ3v) is 5.27. The summed E-state index contributed by atoms with van der Waals surface area (Å²) in [6.45, 7) is 0.417. The zero-order chi connectivity index (χ0) is 21.3. The van der Waals surface area contributed by atoms with Crippen LogP contribution in [0.4, 0.5) is 5.69 Å². The van der Waals surface area contributed by atoms with Crippen LogP contribution in [0.5, 0.6) is 0 Å². The summed E-state index contributed by atoms with van der Waals surface area (Å²) in [5.41, 5.74) is 3.78. The van der Waals surface area contributed by atoms with Crippen LogP contribution in [-0.4, -0.2) is 44.4 Å². The minimum absolute atomic E-state index is 0.0887. The molecule has 0 atom stereocenters. The molecule has 4 aromatic rings. The van der Waals surface area contributed by atoms with Crippen LogP contribution in [0.1, 0.15) is 15.9 Å². The van der Waals surface area contributed by atoms with E-state index < -0.39 is 0 Å². The molecule has 152 valence electrons. The molecule has 9 heteroatoms. The maximum atomic E-state index is 12.2. The molecule has 2 aromatic heterocycles. The molecule has 0 aliphatic carbocycles. The number of imidazole rings is 1. The summed E-state index contributed by atoms with van der Waals surface area (Å²) in [6.07, 6.45) is 3.23. The van der Waals surface area contributed by atoms with E-state index in [1.54, 1.807) is 63.1 Å². The molecule has 7 nitrogen and oxygen atoms in total. The molecule has 0 saturated heterocycles. The van der Waals surface area contributed by atoms with E-state index in [4.69, 9.17) is 23.2 Å². The Morgan fingerprint density at radius 3 is 2.60 bits per heavy atom. The van der Waals surface area contributed by atoms with Gasteiger partial charge in [-0.1, -0.05) is 35.3 Å². The Hall–Kier alpha value is -3.16. The Morgan fingerprint density at radius 1 is 1.13 bits per heavy atom. The number of hydrogen-bond donors (Lipinski definition) is 1. The first kappa shape index (κ1) is 20.1. The number of nitrogens with zero attached hydrogens (tertiary/aromatic N) is 5. The third-order valence-electron chi connectivity index (χ3n) is 4.56. The van der Waals surface area contributed by atoms with Gasteiger partial charge in [-0.3, -0.25) is 4.79 Å². The zero-order valence-electron chi connectivity index (χ0n) is 16.3. The molecule has 2 aromatic carbocycles. The van der Waals surface area contributed by atoms with E-state index in [1.807, 2.05) is 10.6 Å². The average molecular weight is 441 g/mol. The smallest absolute Gasteiger partial charge is 0.253 e. The predicted octanol–water partition coefficient (Wildman–Crippen LogP) is 4.05. The Kier molecular flexibility index (Phi) is 5.57. The highest BCUT2D eigenvalue weighted by Crippen LogP contribution is 2.25. The van der Waals surface area contributed by atoms with Crippen molar-refractivity contribution in [2.24, 2.45) is 4.99 Å². The lowest BCUT2D eigenvalue weighted by atomic mass is 10.2. The molecule has 0 spiro atoms. The van der Waals surface area contributed by atoms with Crippen molar-refractivity contribution in [2.45, 2.75) is 6.54 Å². The largest absolute Gasteiger partial charge is 0.345 e. The van der Waals surface area contributed by atoms with E-state index in [1.165, 1.54) is 4.90 Å². The summed E-state index contributed by atoms with van der Waals surface area (Å²) in [6, 6.07) is 12.5. The summed E-state index contributed by atoms with van der Waals surface area (Å²) >= 11 is 12.6. The lowest BCUT2D eigenvalue weighted by molar-refractivity contribution is 0.0827. The van der Waals surface area contributed by atoms with Gasteiger partial charge < -0.3 is 14.5 Å². The number of hydrogen-bond acceptors (Lipinski definition) is 4. The van der Waals surface area contributed by atoms with E-state index in [2.05, 4.69) is 19.9 Å². The SMILES string of the molecule is CN(C)C(=O)c1cccc(N=c2ncn(Cc3c(Cl)cccc3Cl)c3nc[nH]c23)c1. The number of nitrogens with one attached hydrogen (secondary N) is 1. The van der Waals surface area contributed by atoms with Gasteiger partial charge in [0.15, 0.2) is 11.1 Å². The second-order valence-corrected chi connectivity index (χ2v) is 7.67. The van der Waals surface area contributed by atoms with Crippen molar-refractivity contribution in [3.05, 3.63) is 81.8 Å². The summed E-state index contributed by atoms with van der Waals surface area (Å²) in [5, 5.41) is 1.16. The standard InChI is InChI=1S/C21H18Cl2N6O/c1-28(2)21(30)13-5-3-6-14(9-13)27-19-18-20(25-11-24-18)29(12-26-19)10-15-16(22)7-4-8-17(15)23/h3-9,11-12H,10H2,1-2H3,(H,24,25). The van der Waals surface area contributed by atoms with Gasteiger partial charge >= 0.3 is 0 Å². The quantitative estimate of drug-likeness (QED) is 0.519. The van der Waals surface area contributed by atoms with Crippen LogP contribution in [0.25, 0.3) is 11.2 Å². The Bertz CT molecular complexity index is 1290. The molecule has 0 fully saturated rings. The van der Waals surface area contributed by atoms with Gasteiger partial charge in [0.1, 0.15) is 5.52 Å². The molecule has 0 saturated carbocycles. The van der Waals surface area contributed by atoms with Crippen LogP contribution < -0.4 is 5.49 Å². The van der Waals surface area contributed by atoms with Crippen molar-refractivity contribution in [2.75, 3.05) is 14.1 Å². The summed E-state index contributed by atoms with van der Waals surface area (Å²) in [7, 11) is 3.42. The second kappa shape index (κ2) is 8.30. The Balaban J connectivity index is 1.76. The fraction of sp³-hybridized carbons (Fsp3) is 0.143. The van der Waals surface area contributed by atoms with Crippen LogP contribution in [0.2, 0.25) is 10.0 Å². The first-order valence-electron chi connectivity index (χ1n) is 9.12. The Labute approximate surface area is 182 Å². The number of fused-ring (bicyclic) bond motifs is 1. The van der Waals surface area contributed by atoms with Gasteiger partial charge in [-0.05, 0) is 30.3 Å². The molecular weight excluding hydrogens is 423 g/mol. The minimum atomic E-state index is -0.0887. The third kappa shape index (κ3) is 3.94. The number of aromatic amines is 1. The van der Waals surface area contributed by atoms with Crippen LogP contribution in [0.15, 0.2) is 60.1 Å². The van der Waals surface area contributed by atoms with Crippen molar-refractivity contribution in [3.63, 3.8) is 0 Å². The molecular formula is C21H18Cl2N6O. The fourth-order valence-electron chi connectivity index (χ4n) is 3.06. The van der Waals surface area contributed by atoms with E-state index in [0.29, 0.717) is 44.5 Å². The van der Waals surface area contributed by atoms with Gasteiger partial charge in [0, 0.05) is 35.3 Å². The van der Waals surface area contributed by atoms with Gasteiger partial charge in [-0.25, -0.2) is 15.0 Å². The highest BCUT2D eigenvalue weighted by atomic mass is 35.5. The lowest BCUT2D eigenvalue weighted by Crippen LogP contribution is -2.21. The van der Waals surface area contributed by atoms with Crippen molar-refractivity contribution < 1.29 is 4.79 Å². The number of carbonyl (C=O) groups is 1. The van der Waals surface area contributed by atoms with E-state index in [9.17, 15) is 4.79 Å². The number of benzene rings is 2. The number of halogens is 2. The lowest BCUT2D eigenvalue weighted by Gasteiger charge is -2.11. The highest BCUT2D eigenvalue weighted by Gasteiger charge is 2.11. The Morgan fingerprint density at radius 2 is 1.87 bits per heavy atom. The number of amides is 1. The van der Waals surface area contributed by atoms with Gasteiger partial charge in [-0.15, -0.1) is 0 Å². The molecule has 2 heterocycles. The molecule has 4 rings (SSSR count). The second-order valence-electron chi connectivity index (χ2n) is 6.86. The van der Waals surface area contributed by atoms with E-state index in [0.717, 1.165) is 5.56 Å². The summed E-state index contributed by atoms with van der Waals surface area (Å²) < 4.78 is 1.85. The topological polar surface area (TPSA) is 79.2 Å². The first-order chi connectivity index (χ1) is 14.4. The molecule has 1 N–H and O–H groups in total. The highest BCUT2D eigenvalue weighted by molar-refractivity contribution is 6.36. The van der Waals surface area contributed by atoms with Crippen molar-refractivity contribution in [1.29, 1.82) is 0 Å². The number of H-pyrrole nitrogens is 1. The average Bonchev–Trinajstić information content (AvgIpc) is 3.22. The predicted molar refractivity (Wildman–Crippen MR) is 117 cm³/mol. The molecule has 0 unspecified atom stereocenters. The fourth-order valence-corrected chi connectivity index (χ4v) is 3.57. The van der Waals surface area contributed by atoms with Crippen LogP contribution in [-0.2, 0) is 6.54 Å². The number of carbonyl (C=O) groups excluding carboxylic acids is 1. The van der Waals surface area contributed by atoms with Crippen LogP contribution in [0, 0.1) is 0 Å². The summed E-state index contributed by atoms with van der Waals surface area (Å²) in [5.74, 6) is -0.0887. The monoisotopic (exact) mass is 440 g/mol. The molecule has 30 heavy (non-hydrogen) atoms. The van der Waals surface area contributed by atoms with Crippen LogP contribution in [0.3, 0.4) is 0 Å². The van der Waals surface area contributed by atoms with Gasteiger partial charge in [-0.2, -0.15) is 0 Å². The molecule has 0 aliphatic heterocycles. The molecule has 1 amide bonds. The number of rotatable bonds is 4. The molecule has 0 aliphatic rings. The van der Waals surface area contributed by atoms with Gasteiger partial charge in [0.25, 0.3) is 5.91 Å². The van der Waals surface area contributed by atoms with Crippen molar-refractivity contribution in [1.82, 2.24) is 24.4 Å². The molecule has 0 radical (unpaired) electrons. The van der Waals surface area contributed by atoms with Gasteiger partial charge in [0.05, 0.1) is 24.9 Å². The molecule has 0 bridgehead atoms. The van der Waals surface area contributed by atoms with E-state index >= 15 is 0 Å². The first-order valence-corrected chi connectivity index (χ1v) is 9.87. The van der Waals surface area contributed by atoms with Crippen molar-refractivity contribution in [3.8, 4) is 0 Å². The van der Waals surface area contributed by atoms with Gasteiger partial charge in [0.2, 0.25) is 0 Å². The van der Waals surface area contributed by atoms with Crippen molar-refractivity contribution >= 4 is 46.0 Å². The maximum Gasteiger partial charge on any atom is 0.253 e. The van der Waals surface area contributed by atoms with E-state index in [-0.39, 0.29) is 5.91 Å². The zero-order valence-corrected chi connectivity index (χ0v) is 17.8. The van der Waals surface area contributed by atoms with Crippen LogP contribution >= 0.6 is 23.2 Å².